The molecule has 4 heteroatoms. The molecule has 0 bridgehead atoms. The van der Waals surface area contributed by atoms with Crippen LogP contribution >= 0.6 is 0 Å². The number of hydrogen-bond donors (Lipinski definition) is 1. The third-order valence-electron chi connectivity index (χ3n) is 3.61. The highest BCUT2D eigenvalue weighted by molar-refractivity contribution is 5.04. The number of likely N-dealkylation sites (tertiary alicyclic amines) is 1. The molecule has 1 N–H and O–H groups in total. The second-order valence-electron chi connectivity index (χ2n) is 4.86. The van der Waals surface area contributed by atoms with Gasteiger partial charge in [-0.05, 0) is 26.3 Å². The highest BCUT2D eigenvalue weighted by atomic mass is 16.3. The van der Waals surface area contributed by atoms with Crippen LogP contribution in [0.4, 0.5) is 0 Å². The Labute approximate surface area is 103 Å². The van der Waals surface area contributed by atoms with E-state index in [4.69, 9.17) is 0 Å². The molecular weight excluding hydrogens is 214 g/mol. The fraction of sp³-hybridized carbons (Fsp3) is 0.769. The minimum atomic E-state index is 0.280. The summed E-state index contributed by atoms with van der Waals surface area (Å²) >= 11 is 0. The Bertz CT molecular complexity index is 337. The van der Waals surface area contributed by atoms with E-state index < -0.39 is 0 Å². The van der Waals surface area contributed by atoms with Crippen LogP contribution in [0, 0.1) is 0 Å². The number of aryl methyl sites for hydroxylation is 1. The van der Waals surface area contributed by atoms with Gasteiger partial charge in [0.05, 0.1) is 12.8 Å². The van der Waals surface area contributed by atoms with Crippen molar-refractivity contribution in [3.8, 4) is 0 Å². The smallest absolute Gasteiger partial charge is 0.0586 e. The van der Waals surface area contributed by atoms with Crippen LogP contribution in [-0.4, -0.2) is 39.0 Å². The molecule has 1 fully saturated rings. The summed E-state index contributed by atoms with van der Waals surface area (Å²) < 4.78 is 1.96. The molecule has 96 valence electrons. The topological polar surface area (TPSA) is 41.3 Å². The minimum Gasteiger partial charge on any atom is -0.395 e. The van der Waals surface area contributed by atoms with Gasteiger partial charge in [0.2, 0.25) is 0 Å². The van der Waals surface area contributed by atoms with E-state index in [9.17, 15) is 5.11 Å². The lowest BCUT2D eigenvalue weighted by Gasteiger charge is -2.27. The summed E-state index contributed by atoms with van der Waals surface area (Å²) in [6.45, 7) is 5.32. The van der Waals surface area contributed by atoms with E-state index >= 15 is 0 Å². The zero-order valence-corrected chi connectivity index (χ0v) is 10.7. The zero-order chi connectivity index (χ0) is 12.1. The molecule has 1 aromatic heterocycles. The maximum Gasteiger partial charge on any atom is 0.0586 e. The molecule has 1 atom stereocenters. The third kappa shape index (κ3) is 3.30. The first-order chi connectivity index (χ1) is 8.33. The molecule has 0 amide bonds. The van der Waals surface area contributed by atoms with E-state index in [1.807, 2.05) is 10.9 Å². The molecule has 1 unspecified atom stereocenters. The van der Waals surface area contributed by atoms with E-state index in [-0.39, 0.29) is 6.61 Å². The molecular formula is C13H23N3O. The summed E-state index contributed by atoms with van der Waals surface area (Å²) in [6, 6.07) is 0.336. The summed E-state index contributed by atoms with van der Waals surface area (Å²) in [4.78, 5) is 2.41. The molecule has 1 aliphatic heterocycles. The van der Waals surface area contributed by atoms with Gasteiger partial charge >= 0.3 is 0 Å². The first kappa shape index (κ1) is 12.6. The zero-order valence-electron chi connectivity index (χ0n) is 10.7. The van der Waals surface area contributed by atoms with E-state index in [0.717, 1.165) is 26.1 Å². The molecule has 2 heterocycles. The third-order valence-corrected chi connectivity index (χ3v) is 3.61. The van der Waals surface area contributed by atoms with Crippen LogP contribution in [0.1, 0.15) is 38.2 Å². The Balaban J connectivity index is 1.99. The van der Waals surface area contributed by atoms with Gasteiger partial charge in [0.15, 0.2) is 0 Å². The molecule has 0 aliphatic carbocycles. The van der Waals surface area contributed by atoms with Gasteiger partial charge in [-0.2, -0.15) is 5.10 Å². The van der Waals surface area contributed by atoms with E-state index in [2.05, 4.69) is 23.1 Å². The molecule has 0 aromatic carbocycles. The van der Waals surface area contributed by atoms with Gasteiger partial charge in [-0.15, -0.1) is 0 Å². The van der Waals surface area contributed by atoms with Crippen LogP contribution < -0.4 is 0 Å². The second kappa shape index (κ2) is 6.17. The molecule has 2 rings (SSSR count). The lowest BCUT2D eigenvalue weighted by Crippen LogP contribution is -2.36. The van der Waals surface area contributed by atoms with E-state index in [1.54, 1.807) is 0 Å². The first-order valence-electron chi connectivity index (χ1n) is 6.69. The average molecular weight is 237 g/mol. The molecule has 17 heavy (non-hydrogen) atoms. The van der Waals surface area contributed by atoms with Crippen molar-refractivity contribution in [2.75, 3.05) is 13.2 Å². The molecule has 4 nitrogen and oxygen atoms in total. The lowest BCUT2D eigenvalue weighted by molar-refractivity contribution is 0.118. The van der Waals surface area contributed by atoms with Gasteiger partial charge < -0.3 is 5.11 Å². The van der Waals surface area contributed by atoms with Crippen molar-refractivity contribution in [2.24, 2.45) is 0 Å². The summed E-state index contributed by atoms with van der Waals surface area (Å²) in [5.74, 6) is 0. The number of aliphatic hydroxyl groups excluding tert-OH is 1. The fourth-order valence-electron chi connectivity index (χ4n) is 2.55. The van der Waals surface area contributed by atoms with Crippen molar-refractivity contribution in [1.29, 1.82) is 0 Å². The van der Waals surface area contributed by atoms with Crippen molar-refractivity contribution < 1.29 is 5.11 Å². The average Bonchev–Trinajstić information content (AvgIpc) is 2.68. The molecule has 1 aromatic rings. The van der Waals surface area contributed by atoms with Crippen LogP contribution in [0.3, 0.4) is 0 Å². The first-order valence-corrected chi connectivity index (χ1v) is 6.69. The number of rotatable bonds is 4. The van der Waals surface area contributed by atoms with Crippen LogP contribution in [0.25, 0.3) is 0 Å². The molecule has 1 aliphatic rings. The second-order valence-corrected chi connectivity index (χ2v) is 4.86. The van der Waals surface area contributed by atoms with Gasteiger partial charge in [0.25, 0.3) is 0 Å². The Hall–Kier alpha value is -0.870. The minimum absolute atomic E-state index is 0.280. The normalized spacial score (nSPS) is 22.6. The predicted molar refractivity (Wildman–Crippen MR) is 67.7 cm³/mol. The van der Waals surface area contributed by atoms with Crippen LogP contribution in [-0.2, 0) is 13.1 Å². The van der Waals surface area contributed by atoms with Crippen molar-refractivity contribution in [3.05, 3.63) is 18.0 Å². The van der Waals surface area contributed by atoms with Crippen molar-refractivity contribution >= 4 is 0 Å². The number of hydrogen-bond acceptors (Lipinski definition) is 3. The number of aromatic nitrogens is 2. The van der Waals surface area contributed by atoms with Crippen molar-refractivity contribution in [3.63, 3.8) is 0 Å². The molecule has 1 saturated heterocycles. The van der Waals surface area contributed by atoms with Gasteiger partial charge in [0.1, 0.15) is 0 Å². The van der Waals surface area contributed by atoms with Crippen LogP contribution in [0.15, 0.2) is 12.4 Å². The molecule has 0 spiro atoms. The molecule has 0 saturated carbocycles. The summed E-state index contributed by atoms with van der Waals surface area (Å²) in [6.07, 6.45) is 8.97. The maximum absolute atomic E-state index is 9.45. The number of aliphatic hydroxyl groups is 1. The van der Waals surface area contributed by atoms with Gasteiger partial charge in [-0.1, -0.05) is 12.8 Å². The fourth-order valence-corrected chi connectivity index (χ4v) is 2.55. The van der Waals surface area contributed by atoms with Crippen LogP contribution in [0.2, 0.25) is 0 Å². The Morgan fingerprint density at radius 2 is 2.29 bits per heavy atom. The summed E-state index contributed by atoms with van der Waals surface area (Å²) in [5, 5.41) is 13.8. The van der Waals surface area contributed by atoms with Gasteiger partial charge in [0, 0.05) is 30.9 Å². The summed E-state index contributed by atoms with van der Waals surface area (Å²) in [5.41, 5.74) is 1.26. The SMILES string of the molecule is CCn1cc(CN2CCCCCC2CO)cn1. The standard InChI is InChI=1S/C13H23N3O/c1-2-16-10-12(8-14-16)9-15-7-5-3-4-6-13(15)11-17/h8,10,13,17H,2-7,9,11H2,1H3. The molecule has 0 radical (unpaired) electrons. The highest BCUT2D eigenvalue weighted by Gasteiger charge is 2.20. The largest absolute Gasteiger partial charge is 0.395 e. The highest BCUT2D eigenvalue weighted by Crippen LogP contribution is 2.18. The summed E-state index contributed by atoms with van der Waals surface area (Å²) in [7, 11) is 0. The van der Waals surface area contributed by atoms with E-state index in [1.165, 1.54) is 24.8 Å². The Kier molecular flexibility index (Phi) is 4.57. The van der Waals surface area contributed by atoms with E-state index in [0.29, 0.717) is 6.04 Å². The quantitative estimate of drug-likeness (QED) is 0.865. The lowest BCUT2D eigenvalue weighted by atomic mass is 10.1. The number of nitrogens with zero attached hydrogens (tertiary/aromatic N) is 3. The maximum atomic E-state index is 9.45. The van der Waals surface area contributed by atoms with Crippen LogP contribution in [0.5, 0.6) is 0 Å². The Morgan fingerprint density at radius 3 is 3.00 bits per heavy atom. The van der Waals surface area contributed by atoms with Crippen molar-refractivity contribution in [2.45, 2.75) is 51.7 Å². The Morgan fingerprint density at radius 1 is 1.41 bits per heavy atom. The van der Waals surface area contributed by atoms with Crippen molar-refractivity contribution in [1.82, 2.24) is 14.7 Å². The van der Waals surface area contributed by atoms with Gasteiger partial charge in [-0.3, -0.25) is 9.58 Å². The van der Waals surface area contributed by atoms with Gasteiger partial charge in [-0.25, -0.2) is 0 Å². The predicted octanol–water partition coefficient (Wildman–Crippen LogP) is 1.64. The monoisotopic (exact) mass is 237 g/mol.